The Bertz CT molecular complexity index is 849. The Morgan fingerprint density at radius 1 is 1.27 bits per heavy atom. The van der Waals surface area contributed by atoms with E-state index >= 15 is 0 Å². The molecule has 1 aromatic carbocycles. The third-order valence-corrected chi connectivity index (χ3v) is 3.37. The molecule has 2 heterocycles. The predicted octanol–water partition coefficient (Wildman–Crippen LogP) is 4.64. The van der Waals surface area contributed by atoms with Crippen molar-refractivity contribution in [3.05, 3.63) is 63.4 Å². The van der Waals surface area contributed by atoms with E-state index in [9.17, 15) is 9.18 Å². The van der Waals surface area contributed by atoms with Crippen LogP contribution in [-0.4, -0.2) is 9.97 Å². The fourth-order valence-electron chi connectivity index (χ4n) is 1.86. The van der Waals surface area contributed by atoms with E-state index in [4.69, 9.17) is 4.74 Å². The summed E-state index contributed by atoms with van der Waals surface area (Å²) in [7, 11) is 0. The maximum absolute atomic E-state index is 13.2. The number of hydrogen-bond donors (Lipinski definition) is 1. The van der Waals surface area contributed by atoms with Gasteiger partial charge in [0, 0.05) is 28.3 Å². The van der Waals surface area contributed by atoms with Crippen molar-refractivity contribution in [1.82, 2.24) is 9.97 Å². The monoisotopic (exact) mass is 364 g/mol. The zero-order valence-corrected chi connectivity index (χ0v) is 13.6. The molecular formula is C16H14BrFN2O2. The number of pyridine rings is 2. The van der Waals surface area contributed by atoms with Crippen molar-refractivity contribution in [1.29, 1.82) is 0 Å². The summed E-state index contributed by atoms with van der Waals surface area (Å²) < 4.78 is 19.4. The van der Waals surface area contributed by atoms with E-state index in [-0.39, 0.29) is 17.2 Å². The summed E-state index contributed by atoms with van der Waals surface area (Å²) in [5.74, 6) is -0.00199. The van der Waals surface area contributed by atoms with Crippen LogP contribution in [0.4, 0.5) is 4.39 Å². The van der Waals surface area contributed by atoms with Crippen LogP contribution in [-0.2, 0) is 0 Å². The van der Waals surface area contributed by atoms with Crippen LogP contribution in [0.2, 0.25) is 0 Å². The lowest BCUT2D eigenvalue weighted by Crippen LogP contribution is -2.07. The van der Waals surface area contributed by atoms with E-state index in [2.05, 4.69) is 25.9 Å². The van der Waals surface area contributed by atoms with Crippen molar-refractivity contribution >= 4 is 26.7 Å². The van der Waals surface area contributed by atoms with E-state index in [0.29, 0.717) is 15.2 Å². The molecule has 0 amide bonds. The molecule has 3 rings (SSSR count). The number of nitrogens with zero attached hydrogens (tertiary/aromatic N) is 1. The van der Waals surface area contributed by atoms with E-state index in [1.54, 1.807) is 18.3 Å². The highest BCUT2D eigenvalue weighted by atomic mass is 79.9. The highest BCUT2D eigenvalue weighted by molar-refractivity contribution is 9.10. The second kappa shape index (κ2) is 7.17. The van der Waals surface area contributed by atoms with Crippen molar-refractivity contribution in [3.63, 3.8) is 0 Å². The van der Waals surface area contributed by atoms with Gasteiger partial charge in [-0.15, -0.1) is 0 Å². The molecule has 2 aromatic heterocycles. The van der Waals surface area contributed by atoms with Crippen molar-refractivity contribution in [2.75, 3.05) is 0 Å². The van der Waals surface area contributed by atoms with Crippen molar-refractivity contribution in [3.8, 4) is 11.6 Å². The highest BCUT2D eigenvalue weighted by Gasteiger charge is 2.11. The summed E-state index contributed by atoms with van der Waals surface area (Å²) in [5.41, 5.74) is -0.317. The number of nitrogens with one attached hydrogen (secondary N) is 1. The quantitative estimate of drug-likeness (QED) is 0.720. The maximum Gasteiger partial charge on any atom is 0.261 e. The van der Waals surface area contributed by atoms with Gasteiger partial charge >= 0.3 is 0 Å². The Morgan fingerprint density at radius 3 is 2.77 bits per heavy atom. The van der Waals surface area contributed by atoms with E-state index in [0.717, 1.165) is 0 Å². The number of halogens is 2. The van der Waals surface area contributed by atoms with Gasteiger partial charge < -0.3 is 9.72 Å². The van der Waals surface area contributed by atoms with Crippen LogP contribution in [0.3, 0.4) is 0 Å². The summed E-state index contributed by atoms with van der Waals surface area (Å²) in [6, 6.07) is 7.39. The fraction of sp³-hybridized carbons (Fsp3) is 0.125. The van der Waals surface area contributed by atoms with Crippen LogP contribution in [0.25, 0.3) is 10.8 Å². The normalized spacial score (nSPS) is 10.0. The van der Waals surface area contributed by atoms with Crippen LogP contribution >= 0.6 is 15.9 Å². The molecule has 6 heteroatoms. The van der Waals surface area contributed by atoms with Gasteiger partial charge in [-0.05, 0) is 34.1 Å². The minimum Gasteiger partial charge on any atom is -0.438 e. The minimum atomic E-state index is -0.419. The summed E-state index contributed by atoms with van der Waals surface area (Å²) in [6.07, 6.45) is 3.08. The number of aromatic amines is 1. The Morgan fingerprint density at radius 2 is 2.05 bits per heavy atom. The maximum atomic E-state index is 13.2. The zero-order chi connectivity index (χ0) is 16.1. The lowest BCUT2D eigenvalue weighted by Gasteiger charge is -2.08. The van der Waals surface area contributed by atoms with Gasteiger partial charge in [0.2, 0.25) is 5.88 Å². The number of fused-ring (bicyclic) bond motifs is 1. The average molecular weight is 365 g/mol. The Kier molecular flexibility index (Phi) is 5.27. The number of aromatic nitrogens is 2. The van der Waals surface area contributed by atoms with Crippen molar-refractivity contribution in [2.24, 2.45) is 0 Å². The van der Waals surface area contributed by atoms with Gasteiger partial charge in [-0.3, -0.25) is 4.79 Å². The number of hydrogen-bond acceptors (Lipinski definition) is 3. The molecule has 0 bridgehead atoms. The summed E-state index contributed by atoms with van der Waals surface area (Å²) in [4.78, 5) is 18.6. The van der Waals surface area contributed by atoms with Gasteiger partial charge in [0.25, 0.3) is 5.56 Å². The fourth-order valence-corrected chi connectivity index (χ4v) is 2.29. The molecule has 3 aromatic rings. The molecule has 0 aliphatic rings. The zero-order valence-electron chi connectivity index (χ0n) is 12.1. The van der Waals surface area contributed by atoms with Gasteiger partial charge in [0.1, 0.15) is 17.0 Å². The van der Waals surface area contributed by atoms with Crippen LogP contribution in [0, 0.1) is 5.82 Å². The summed E-state index contributed by atoms with van der Waals surface area (Å²) >= 11 is 3.33. The minimum absolute atomic E-state index is 0.135. The number of ether oxygens (including phenoxy) is 1. The van der Waals surface area contributed by atoms with Gasteiger partial charge in [0.15, 0.2) is 0 Å². The Labute approximate surface area is 135 Å². The lowest BCUT2D eigenvalue weighted by atomic mass is 10.2. The molecule has 1 N–H and O–H groups in total. The van der Waals surface area contributed by atoms with Crippen LogP contribution < -0.4 is 10.3 Å². The van der Waals surface area contributed by atoms with Crippen molar-refractivity contribution < 1.29 is 9.13 Å². The first-order chi connectivity index (χ1) is 10.6. The van der Waals surface area contributed by atoms with Gasteiger partial charge in [-0.1, -0.05) is 19.9 Å². The van der Waals surface area contributed by atoms with Gasteiger partial charge in [-0.2, -0.15) is 0 Å². The molecule has 0 unspecified atom stereocenters. The third kappa shape index (κ3) is 3.33. The van der Waals surface area contributed by atoms with E-state index in [1.807, 2.05) is 13.8 Å². The average Bonchev–Trinajstić information content (AvgIpc) is 2.52. The Hall–Kier alpha value is -2.21. The van der Waals surface area contributed by atoms with Crippen LogP contribution in [0.5, 0.6) is 11.6 Å². The number of benzene rings is 1. The molecule has 0 aliphatic carbocycles. The SMILES string of the molecule is CC.O=c1[nH]ccc2c(Br)cnc(Oc3cccc(F)c3)c12. The first kappa shape index (κ1) is 16.2. The largest absolute Gasteiger partial charge is 0.438 e. The molecule has 4 nitrogen and oxygen atoms in total. The third-order valence-electron chi connectivity index (χ3n) is 2.74. The molecule has 114 valence electrons. The first-order valence-electron chi connectivity index (χ1n) is 6.74. The second-order valence-electron chi connectivity index (χ2n) is 4.07. The molecule has 0 fully saturated rings. The van der Waals surface area contributed by atoms with Gasteiger partial charge in [-0.25, -0.2) is 9.37 Å². The van der Waals surface area contributed by atoms with Crippen LogP contribution in [0.1, 0.15) is 13.8 Å². The molecule has 0 radical (unpaired) electrons. The molecule has 0 saturated carbocycles. The molecule has 0 spiro atoms. The topological polar surface area (TPSA) is 55.0 Å². The first-order valence-corrected chi connectivity index (χ1v) is 7.54. The highest BCUT2D eigenvalue weighted by Crippen LogP contribution is 2.29. The summed E-state index contributed by atoms with van der Waals surface area (Å²) in [6.45, 7) is 4.00. The van der Waals surface area contributed by atoms with Gasteiger partial charge in [0.05, 0.1) is 0 Å². The van der Waals surface area contributed by atoms with Crippen molar-refractivity contribution in [2.45, 2.75) is 13.8 Å². The smallest absolute Gasteiger partial charge is 0.261 e. The molecular weight excluding hydrogens is 351 g/mol. The van der Waals surface area contributed by atoms with E-state index < -0.39 is 5.82 Å². The molecule has 0 saturated heterocycles. The molecule has 0 atom stereocenters. The second-order valence-corrected chi connectivity index (χ2v) is 4.92. The summed E-state index contributed by atoms with van der Waals surface area (Å²) in [5, 5.41) is 0.987. The lowest BCUT2D eigenvalue weighted by molar-refractivity contribution is 0.463. The van der Waals surface area contributed by atoms with E-state index in [1.165, 1.54) is 24.4 Å². The molecule has 0 aliphatic heterocycles. The molecule has 22 heavy (non-hydrogen) atoms. The Balaban J connectivity index is 0.000000847. The van der Waals surface area contributed by atoms with Crippen LogP contribution in [0.15, 0.2) is 52.0 Å². The number of H-pyrrole nitrogens is 1. The standard InChI is InChI=1S/C14H8BrFN2O2.C2H6/c15-11-7-18-14(12-10(11)4-5-17-13(12)19)20-9-3-1-2-8(16)6-9;1-2/h1-7H,(H,17,19);1-2H3. The number of rotatable bonds is 2. The predicted molar refractivity (Wildman–Crippen MR) is 87.9 cm³/mol.